The van der Waals surface area contributed by atoms with Crippen molar-refractivity contribution in [2.75, 3.05) is 43.5 Å². The van der Waals surface area contributed by atoms with E-state index in [-0.39, 0.29) is 19.1 Å². The molecule has 0 N–H and O–H groups in total. The third-order valence-electron chi connectivity index (χ3n) is 4.70. The lowest BCUT2D eigenvalue weighted by Gasteiger charge is -2.26. The van der Waals surface area contributed by atoms with Crippen molar-refractivity contribution >= 4 is 21.6 Å². The number of anilines is 1. The topological polar surface area (TPSA) is 76.2 Å². The third kappa shape index (κ3) is 5.95. The van der Waals surface area contributed by atoms with Gasteiger partial charge in [0.25, 0.3) is 5.91 Å². The molecular weight excluding hydrogens is 392 g/mol. The van der Waals surface area contributed by atoms with Crippen molar-refractivity contribution < 1.29 is 22.7 Å². The van der Waals surface area contributed by atoms with Crippen LogP contribution in [0.4, 0.5) is 5.69 Å². The molecule has 2 aromatic carbocycles. The first-order chi connectivity index (χ1) is 13.8. The van der Waals surface area contributed by atoms with Gasteiger partial charge in [-0.15, -0.1) is 0 Å². The molecule has 8 heteroatoms. The first-order valence-corrected chi connectivity index (χ1v) is 11.3. The first kappa shape index (κ1) is 21.1. The summed E-state index contributed by atoms with van der Waals surface area (Å²) in [4.78, 5) is 13.9. The van der Waals surface area contributed by atoms with Crippen molar-refractivity contribution in [1.82, 2.24) is 4.90 Å². The van der Waals surface area contributed by atoms with E-state index in [2.05, 4.69) is 0 Å². The van der Waals surface area contributed by atoms with Crippen molar-refractivity contribution in [3.63, 3.8) is 0 Å². The summed E-state index contributed by atoms with van der Waals surface area (Å²) in [5.74, 6) is 0.425. The SMILES string of the molecule is Cc1ccc(CN(c2ccc(OCC(=O)N3CCOCC3)cc2)S(C)(=O)=O)cc1. The highest BCUT2D eigenvalue weighted by atomic mass is 32.2. The summed E-state index contributed by atoms with van der Waals surface area (Å²) in [7, 11) is -3.46. The van der Waals surface area contributed by atoms with Crippen LogP contribution in [-0.4, -0.2) is 58.4 Å². The van der Waals surface area contributed by atoms with Gasteiger partial charge < -0.3 is 14.4 Å². The molecule has 1 amide bonds. The number of nitrogens with zero attached hydrogens (tertiary/aromatic N) is 2. The lowest BCUT2D eigenvalue weighted by molar-refractivity contribution is -0.137. The van der Waals surface area contributed by atoms with Crippen LogP contribution in [-0.2, 0) is 26.1 Å². The fraction of sp³-hybridized carbons (Fsp3) is 0.381. The van der Waals surface area contributed by atoms with Gasteiger partial charge in [-0.25, -0.2) is 8.42 Å². The molecule has 0 unspecified atom stereocenters. The van der Waals surface area contributed by atoms with Crippen LogP contribution in [0.2, 0.25) is 0 Å². The Morgan fingerprint density at radius 3 is 2.28 bits per heavy atom. The van der Waals surface area contributed by atoms with Crippen LogP contribution in [0, 0.1) is 6.92 Å². The van der Waals surface area contributed by atoms with Gasteiger partial charge in [-0.2, -0.15) is 0 Å². The number of sulfonamides is 1. The zero-order chi connectivity index (χ0) is 20.9. The Morgan fingerprint density at radius 2 is 1.69 bits per heavy atom. The molecule has 1 aliphatic rings. The van der Waals surface area contributed by atoms with Gasteiger partial charge >= 0.3 is 0 Å². The summed E-state index contributed by atoms with van der Waals surface area (Å²) in [6.07, 6.45) is 1.19. The number of carbonyl (C=O) groups excluding carboxylic acids is 1. The maximum absolute atomic E-state index is 12.3. The molecule has 0 aliphatic carbocycles. The van der Waals surface area contributed by atoms with E-state index >= 15 is 0 Å². The van der Waals surface area contributed by atoms with Crippen molar-refractivity contribution in [2.45, 2.75) is 13.5 Å². The van der Waals surface area contributed by atoms with Crippen LogP contribution in [0.15, 0.2) is 48.5 Å². The Balaban J connectivity index is 1.65. The Bertz CT molecular complexity index is 921. The summed E-state index contributed by atoms with van der Waals surface area (Å²) >= 11 is 0. The predicted molar refractivity (Wildman–Crippen MR) is 112 cm³/mol. The lowest BCUT2D eigenvalue weighted by Crippen LogP contribution is -2.42. The number of ether oxygens (including phenoxy) is 2. The van der Waals surface area contributed by atoms with E-state index in [1.165, 1.54) is 10.6 Å². The van der Waals surface area contributed by atoms with Crippen LogP contribution in [0.25, 0.3) is 0 Å². The van der Waals surface area contributed by atoms with Crippen molar-refractivity contribution in [1.29, 1.82) is 0 Å². The Labute approximate surface area is 171 Å². The molecule has 1 saturated heterocycles. The average Bonchev–Trinajstić information content (AvgIpc) is 2.72. The minimum Gasteiger partial charge on any atom is -0.484 e. The molecule has 3 rings (SSSR count). The highest BCUT2D eigenvalue weighted by molar-refractivity contribution is 7.92. The normalized spacial score (nSPS) is 14.5. The Hall–Kier alpha value is -2.58. The molecular formula is C21H26N2O5S. The largest absolute Gasteiger partial charge is 0.484 e. The molecule has 2 aromatic rings. The number of hydrogen-bond acceptors (Lipinski definition) is 5. The number of rotatable bonds is 7. The van der Waals surface area contributed by atoms with E-state index in [0.717, 1.165) is 11.1 Å². The highest BCUT2D eigenvalue weighted by Gasteiger charge is 2.19. The Morgan fingerprint density at radius 1 is 1.07 bits per heavy atom. The Kier molecular flexibility index (Phi) is 6.76. The molecule has 7 nitrogen and oxygen atoms in total. The minimum atomic E-state index is -3.46. The molecule has 0 atom stereocenters. The summed E-state index contributed by atoms with van der Waals surface area (Å²) in [5, 5.41) is 0. The number of benzene rings is 2. The van der Waals surface area contributed by atoms with E-state index < -0.39 is 10.0 Å². The van der Waals surface area contributed by atoms with Gasteiger partial charge in [-0.05, 0) is 36.8 Å². The molecule has 156 valence electrons. The number of amides is 1. The fourth-order valence-electron chi connectivity index (χ4n) is 3.02. The van der Waals surface area contributed by atoms with E-state index in [4.69, 9.17) is 9.47 Å². The molecule has 0 radical (unpaired) electrons. The van der Waals surface area contributed by atoms with Gasteiger partial charge in [0.15, 0.2) is 6.61 Å². The van der Waals surface area contributed by atoms with Crippen LogP contribution >= 0.6 is 0 Å². The number of aryl methyl sites for hydroxylation is 1. The molecule has 0 spiro atoms. The van der Waals surface area contributed by atoms with Crippen molar-refractivity contribution in [3.8, 4) is 5.75 Å². The van der Waals surface area contributed by atoms with Gasteiger partial charge in [0.1, 0.15) is 5.75 Å². The zero-order valence-corrected chi connectivity index (χ0v) is 17.5. The van der Waals surface area contributed by atoms with Crippen LogP contribution in [0.3, 0.4) is 0 Å². The molecule has 1 fully saturated rings. The summed E-state index contributed by atoms with van der Waals surface area (Å²) in [5.41, 5.74) is 2.56. The second-order valence-electron chi connectivity index (χ2n) is 7.03. The smallest absolute Gasteiger partial charge is 0.260 e. The van der Waals surface area contributed by atoms with Gasteiger partial charge in [0.2, 0.25) is 10.0 Å². The molecule has 0 aromatic heterocycles. The zero-order valence-electron chi connectivity index (χ0n) is 16.7. The van der Waals surface area contributed by atoms with E-state index in [1.807, 2.05) is 31.2 Å². The quantitative estimate of drug-likeness (QED) is 0.689. The fourth-order valence-corrected chi connectivity index (χ4v) is 3.91. The third-order valence-corrected chi connectivity index (χ3v) is 5.84. The lowest BCUT2D eigenvalue weighted by atomic mass is 10.1. The summed E-state index contributed by atoms with van der Waals surface area (Å²) in [6.45, 7) is 4.41. The van der Waals surface area contributed by atoms with Gasteiger partial charge in [0, 0.05) is 13.1 Å². The number of morpholine rings is 1. The monoisotopic (exact) mass is 418 g/mol. The van der Waals surface area contributed by atoms with Crippen molar-refractivity contribution in [2.24, 2.45) is 0 Å². The first-order valence-electron chi connectivity index (χ1n) is 9.44. The molecule has 1 aliphatic heterocycles. The standard InChI is InChI=1S/C21H26N2O5S/c1-17-3-5-18(6-4-17)15-23(29(2,25)26)19-7-9-20(10-8-19)28-16-21(24)22-11-13-27-14-12-22/h3-10H,11-16H2,1-2H3. The molecule has 0 bridgehead atoms. The summed E-state index contributed by atoms with van der Waals surface area (Å²) < 4.78 is 36.8. The molecule has 29 heavy (non-hydrogen) atoms. The maximum Gasteiger partial charge on any atom is 0.260 e. The number of carbonyl (C=O) groups is 1. The van der Waals surface area contributed by atoms with Crippen molar-refractivity contribution in [3.05, 3.63) is 59.7 Å². The van der Waals surface area contributed by atoms with Gasteiger partial charge in [-0.3, -0.25) is 9.10 Å². The van der Waals surface area contributed by atoms with E-state index in [9.17, 15) is 13.2 Å². The second kappa shape index (κ2) is 9.28. The summed E-state index contributed by atoms with van der Waals surface area (Å²) in [6, 6.07) is 14.5. The average molecular weight is 419 g/mol. The molecule has 1 heterocycles. The van der Waals surface area contributed by atoms with Crippen LogP contribution in [0.1, 0.15) is 11.1 Å². The van der Waals surface area contributed by atoms with Gasteiger partial charge in [-0.1, -0.05) is 29.8 Å². The van der Waals surface area contributed by atoms with E-state index in [1.54, 1.807) is 29.2 Å². The minimum absolute atomic E-state index is 0.0570. The number of hydrogen-bond donors (Lipinski definition) is 0. The predicted octanol–water partition coefficient (Wildman–Crippen LogP) is 2.20. The maximum atomic E-state index is 12.3. The highest BCUT2D eigenvalue weighted by Crippen LogP contribution is 2.24. The van der Waals surface area contributed by atoms with Crippen LogP contribution < -0.4 is 9.04 Å². The second-order valence-corrected chi connectivity index (χ2v) is 8.94. The molecule has 0 saturated carbocycles. The van der Waals surface area contributed by atoms with E-state index in [0.29, 0.717) is 37.7 Å². The van der Waals surface area contributed by atoms with Crippen LogP contribution in [0.5, 0.6) is 5.75 Å². The van der Waals surface area contributed by atoms with Gasteiger partial charge in [0.05, 0.1) is 31.7 Å².